The summed E-state index contributed by atoms with van der Waals surface area (Å²) in [4.78, 5) is 11.9. The lowest BCUT2D eigenvalue weighted by molar-refractivity contribution is 0.0526. The molecule has 166 valence electrons. The van der Waals surface area contributed by atoms with Crippen LogP contribution in [0.25, 0.3) is 10.9 Å². The fraction of sp³-hybridized carbons (Fsp3) is 0.400. The highest BCUT2D eigenvalue weighted by Gasteiger charge is 2.20. The van der Waals surface area contributed by atoms with Gasteiger partial charge in [0.1, 0.15) is 5.82 Å². The second-order valence-corrected chi connectivity index (χ2v) is 8.09. The Hall–Kier alpha value is -2.37. The zero-order chi connectivity index (χ0) is 21.1. The smallest absolute Gasteiger partial charge is 0.338 e. The van der Waals surface area contributed by atoms with E-state index in [-0.39, 0.29) is 30.4 Å². The minimum atomic E-state index is -0.488. The molecule has 0 bridgehead atoms. The molecule has 6 heteroatoms. The summed E-state index contributed by atoms with van der Waals surface area (Å²) in [5.74, 6) is -0.193. The minimum Gasteiger partial charge on any atom is -0.462 e. The fourth-order valence-corrected chi connectivity index (χ4v) is 4.51. The zero-order valence-electron chi connectivity index (χ0n) is 18.1. The number of carbonyl (C=O) groups is 1. The molecule has 1 aromatic heterocycles. The molecule has 31 heavy (non-hydrogen) atoms. The number of esters is 1. The Kier molecular flexibility index (Phi) is 7.74. The molecule has 0 saturated carbocycles. The number of hydrogen-bond donors (Lipinski definition) is 1. The van der Waals surface area contributed by atoms with Gasteiger partial charge in [0.25, 0.3) is 0 Å². The van der Waals surface area contributed by atoms with Gasteiger partial charge in [-0.3, -0.25) is 0 Å². The third-order valence-electron chi connectivity index (χ3n) is 6.19. The molecule has 1 saturated heterocycles. The largest absolute Gasteiger partial charge is 0.462 e. The van der Waals surface area contributed by atoms with Crippen molar-refractivity contribution in [3.05, 3.63) is 70.7 Å². The van der Waals surface area contributed by atoms with E-state index in [2.05, 4.69) is 35.0 Å². The van der Waals surface area contributed by atoms with E-state index in [0.29, 0.717) is 17.9 Å². The van der Waals surface area contributed by atoms with Crippen LogP contribution in [0, 0.1) is 18.7 Å². The number of rotatable bonds is 6. The van der Waals surface area contributed by atoms with E-state index >= 15 is 0 Å². The number of halogens is 2. The second kappa shape index (κ2) is 10.3. The van der Waals surface area contributed by atoms with Crippen molar-refractivity contribution in [1.82, 2.24) is 9.88 Å². The van der Waals surface area contributed by atoms with E-state index in [0.717, 1.165) is 25.2 Å². The zero-order valence-corrected chi connectivity index (χ0v) is 18.9. The van der Waals surface area contributed by atoms with Crippen LogP contribution in [0.15, 0.2) is 42.5 Å². The van der Waals surface area contributed by atoms with Crippen molar-refractivity contribution in [2.45, 2.75) is 39.7 Å². The maximum Gasteiger partial charge on any atom is 0.338 e. The number of para-hydroxylation sites is 1. The van der Waals surface area contributed by atoms with Crippen molar-refractivity contribution in [3.8, 4) is 0 Å². The Morgan fingerprint density at radius 2 is 1.94 bits per heavy atom. The summed E-state index contributed by atoms with van der Waals surface area (Å²) < 4.78 is 22.2. The van der Waals surface area contributed by atoms with Crippen LogP contribution in [0.2, 0.25) is 0 Å². The Labute approximate surface area is 189 Å². The van der Waals surface area contributed by atoms with Crippen LogP contribution >= 0.6 is 12.4 Å². The van der Waals surface area contributed by atoms with Crippen LogP contribution in [0.5, 0.6) is 0 Å². The molecular formula is C25H30ClFN2O2. The Bertz CT molecular complexity index is 1060. The van der Waals surface area contributed by atoms with Crippen molar-refractivity contribution in [2.24, 2.45) is 5.92 Å². The Morgan fingerprint density at radius 1 is 1.19 bits per heavy atom. The first kappa shape index (κ1) is 23.3. The normalized spacial score (nSPS) is 14.4. The lowest BCUT2D eigenvalue weighted by Gasteiger charge is -2.24. The van der Waals surface area contributed by atoms with Gasteiger partial charge in [0, 0.05) is 29.6 Å². The number of benzene rings is 2. The van der Waals surface area contributed by atoms with E-state index in [1.54, 1.807) is 19.1 Å². The number of hydrogen-bond acceptors (Lipinski definition) is 3. The number of piperidine rings is 1. The van der Waals surface area contributed by atoms with Crippen LogP contribution in [0.1, 0.15) is 46.9 Å². The highest BCUT2D eigenvalue weighted by atomic mass is 35.5. The molecule has 1 aliphatic heterocycles. The monoisotopic (exact) mass is 444 g/mol. The molecule has 1 fully saturated rings. The Balaban J connectivity index is 0.00000272. The average molecular weight is 445 g/mol. The highest BCUT2D eigenvalue weighted by molar-refractivity contribution is 5.89. The van der Waals surface area contributed by atoms with Gasteiger partial charge in [-0.1, -0.05) is 24.3 Å². The predicted octanol–water partition coefficient (Wildman–Crippen LogP) is 5.28. The van der Waals surface area contributed by atoms with Gasteiger partial charge < -0.3 is 14.6 Å². The SMILES string of the molecule is CCOC(=O)c1ccc(Cc2c(C)n(CC3CCNCC3)c3ccccc23)c(F)c1.Cl. The van der Waals surface area contributed by atoms with Gasteiger partial charge >= 0.3 is 5.97 Å². The molecule has 0 aliphatic carbocycles. The van der Waals surface area contributed by atoms with Crippen LogP contribution in [-0.4, -0.2) is 30.2 Å². The fourth-order valence-electron chi connectivity index (χ4n) is 4.51. The van der Waals surface area contributed by atoms with Crippen molar-refractivity contribution >= 4 is 29.3 Å². The molecule has 2 heterocycles. The third-order valence-corrected chi connectivity index (χ3v) is 6.19. The van der Waals surface area contributed by atoms with Gasteiger partial charge in [0.05, 0.1) is 12.2 Å². The topological polar surface area (TPSA) is 43.3 Å². The summed E-state index contributed by atoms with van der Waals surface area (Å²) >= 11 is 0. The van der Waals surface area contributed by atoms with E-state index < -0.39 is 5.97 Å². The van der Waals surface area contributed by atoms with Crippen LogP contribution < -0.4 is 5.32 Å². The number of nitrogens with zero attached hydrogens (tertiary/aromatic N) is 1. The number of ether oxygens (including phenoxy) is 1. The van der Waals surface area contributed by atoms with Crippen molar-refractivity contribution in [2.75, 3.05) is 19.7 Å². The minimum absolute atomic E-state index is 0. The molecule has 0 atom stereocenters. The average Bonchev–Trinajstić information content (AvgIpc) is 3.02. The number of fused-ring (bicyclic) bond motifs is 1. The van der Waals surface area contributed by atoms with E-state index in [9.17, 15) is 9.18 Å². The van der Waals surface area contributed by atoms with Crippen molar-refractivity contribution < 1.29 is 13.9 Å². The lowest BCUT2D eigenvalue weighted by Crippen LogP contribution is -2.30. The maximum atomic E-state index is 14.8. The van der Waals surface area contributed by atoms with Crippen LogP contribution in [-0.2, 0) is 17.7 Å². The molecule has 4 nitrogen and oxygen atoms in total. The summed E-state index contributed by atoms with van der Waals surface area (Å²) in [6.07, 6.45) is 2.87. The summed E-state index contributed by atoms with van der Waals surface area (Å²) in [7, 11) is 0. The van der Waals surface area contributed by atoms with Gasteiger partial charge in [0.15, 0.2) is 0 Å². The molecule has 3 aromatic rings. The molecular weight excluding hydrogens is 415 g/mol. The van der Waals surface area contributed by atoms with E-state index in [4.69, 9.17) is 4.74 Å². The summed E-state index contributed by atoms with van der Waals surface area (Å²) in [5, 5.41) is 4.61. The lowest BCUT2D eigenvalue weighted by atomic mass is 9.98. The second-order valence-electron chi connectivity index (χ2n) is 8.09. The number of nitrogens with one attached hydrogen (secondary N) is 1. The molecule has 1 aliphatic rings. The van der Waals surface area contributed by atoms with Gasteiger partial charge in [-0.25, -0.2) is 9.18 Å². The third kappa shape index (κ3) is 4.94. The first-order chi connectivity index (χ1) is 14.6. The number of aromatic nitrogens is 1. The molecule has 0 amide bonds. The summed E-state index contributed by atoms with van der Waals surface area (Å²) in [6, 6.07) is 13.0. The molecule has 0 radical (unpaired) electrons. The predicted molar refractivity (Wildman–Crippen MR) is 125 cm³/mol. The molecule has 2 aromatic carbocycles. The van der Waals surface area contributed by atoms with E-state index in [1.807, 2.05) is 6.07 Å². The number of carbonyl (C=O) groups excluding carboxylic acids is 1. The first-order valence-corrected chi connectivity index (χ1v) is 10.8. The quantitative estimate of drug-likeness (QED) is 0.526. The first-order valence-electron chi connectivity index (χ1n) is 10.8. The molecule has 0 unspecified atom stereocenters. The van der Waals surface area contributed by atoms with Crippen LogP contribution in [0.4, 0.5) is 4.39 Å². The molecule has 1 N–H and O–H groups in total. The van der Waals surface area contributed by atoms with Gasteiger partial charge in [0.2, 0.25) is 0 Å². The highest BCUT2D eigenvalue weighted by Crippen LogP contribution is 2.30. The molecule has 4 rings (SSSR count). The maximum absolute atomic E-state index is 14.8. The van der Waals surface area contributed by atoms with Gasteiger partial charge in [-0.2, -0.15) is 0 Å². The van der Waals surface area contributed by atoms with Gasteiger partial charge in [-0.15, -0.1) is 12.4 Å². The van der Waals surface area contributed by atoms with Crippen LogP contribution in [0.3, 0.4) is 0 Å². The van der Waals surface area contributed by atoms with Crippen molar-refractivity contribution in [3.63, 3.8) is 0 Å². The summed E-state index contributed by atoms with van der Waals surface area (Å²) in [5.41, 5.74) is 4.41. The summed E-state index contributed by atoms with van der Waals surface area (Å²) in [6.45, 7) is 7.31. The Morgan fingerprint density at radius 3 is 2.65 bits per heavy atom. The van der Waals surface area contributed by atoms with Crippen molar-refractivity contribution in [1.29, 1.82) is 0 Å². The van der Waals surface area contributed by atoms with Gasteiger partial charge in [-0.05, 0) is 75.0 Å². The standard InChI is InChI=1S/C25H29FN2O2.ClH/c1-3-30-25(29)20-9-8-19(23(26)15-20)14-22-17(2)28(16-18-10-12-27-13-11-18)24-7-5-4-6-21(22)24;/h4-9,15,18,27H,3,10-14,16H2,1-2H3;1H. The van der Waals surface area contributed by atoms with E-state index in [1.165, 1.54) is 35.5 Å². The molecule has 0 spiro atoms.